The zero-order valence-corrected chi connectivity index (χ0v) is 15.9. The van der Waals surface area contributed by atoms with Gasteiger partial charge >= 0.3 is 12.1 Å². The average Bonchev–Trinajstić information content (AvgIpc) is 3.41. The van der Waals surface area contributed by atoms with E-state index >= 15 is 0 Å². The van der Waals surface area contributed by atoms with Crippen LogP contribution in [0.5, 0.6) is 0 Å². The number of β-amino-alcohol motifs (C(OH)–C–C–N with tert-alkyl or cyclic N) is 1. The largest absolute Gasteiger partial charge is 0.480 e. The number of carbonyl (C=O) groups excluding carboxylic acids is 2. The second-order valence-corrected chi connectivity index (χ2v) is 8.07. The highest BCUT2D eigenvalue weighted by molar-refractivity contribution is 5.91. The monoisotopic (exact) mass is 397 g/mol. The summed E-state index contributed by atoms with van der Waals surface area (Å²) in [6.45, 7) is 2.13. The molecule has 0 aromatic rings. The van der Waals surface area contributed by atoms with Crippen LogP contribution in [0.25, 0.3) is 0 Å². The Kier molecular flexibility index (Phi) is 5.51. The quantitative estimate of drug-likeness (QED) is 0.584. The predicted molar refractivity (Wildman–Crippen MR) is 95.4 cm³/mol. The van der Waals surface area contributed by atoms with Gasteiger partial charge in [-0.2, -0.15) is 0 Å². The molecule has 3 aliphatic rings. The second-order valence-electron chi connectivity index (χ2n) is 8.07. The lowest BCUT2D eigenvalue weighted by Crippen LogP contribution is -2.64. The van der Waals surface area contributed by atoms with Gasteiger partial charge in [-0.25, -0.2) is 9.59 Å². The van der Waals surface area contributed by atoms with Gasteiger partial charge in [0.15, 0.2) is 0 Å². The van der Waals surface area contributed by atoms with Crippen LogP contribution in [0.15, 0.2) is 0 Å². The third-order valence-corrected chi connectivity index (χ3v) is 6.40. The summed E-state index contributed by atoms with van der Waals surface area (Å²) < 4.78 is 0. The molecule has 0 unspecified atom stereocenters. The Hall–Kier alpha value is -2.36. The average molecular weight is 397 g/mol. The third kappa shape index (κ3) is 3.78. The second kappa shape index (κ2) is 7.57. The number of hydrogen-bond donors (Lipinski definition) is 3. The van der Waals surface area contributed by atoms with Crippen molar-refractivity contribution in [2.75, 3.05) is 26.2 Å². The molecule has 3 atom stereocenters. The van der Waals surface area contributed by atoms with Crippen molar-refractivity contribution < 1.29 is 34.5 Å². The van der Waals surface area contributed by atoms with Gasteiger partial charge in [0, 0.05) is 26.1 Å². The van der Waals surface area contributed by atoms with Gasteiger partial charge in [-0.1, -0.05) is 0 Å². The number of aliphatic hydroxyl groups is 1. The lowest BCUT2D eigenvalue weighted by atomic mass is 9.90. The van der Waals surface area contributed by atoms with E-state index in [1.807, 2.05) is 0 Å². The minimum Gasteiger partial charge on any atom is -0.480 e. The fourth-order valence-electron chi connectivity index (χ4n) is 4.24. The summed E-state index contributed by atoms with van der Waals surface area (Å²) in [6, 6.07) is -2.22. The number of carboxylic acid groups (broad SMARTS) is 2. The van der Waals surface area contributed by atoms with Gasteiger partial charge in [-0.3, -0.25) is 14.5 Å². The van der Waals surface area contributed by atoms with Crippen molar-refractivity contribution in [2.24, 2.45) is 5.41 Å². The minimum atomic E-state index is -1.33. The van der Waals surface area contributed by atoms with Crippen LogP contribution >= 0.6 is 0 Å². The zero-order valence-electron chi connectivity index (χ0n) is 15.9. The summed E-state index contributed by atoms with van der Waals surface area (Å²) in [5.74, 6) is -1.96. The molecule has 2 aliphatic heterocycles. The van der Waals surface area contributed by atoms with Gasteiger partial charge in [0.05, 0.1) is 12.6 Å². The minimum absolute atomic E-state index is 0.0118. The number of aliphatic hydroxyl groups excluding tert-OH is 1. The van der Waals surface area contributed by atoms with E-state index < -0.39 is 36.2 Å². The molecule has 3 fully saturated rings. The molecule has 2 saturated heterocycles. The fraction of sp³-hybridized carbons (Fsp3) is 0.778. The molecule has 0 aromatic heterocycles. The molecule has 10 nitrogen and oxygen atoms in total. The summed E-state index contributed by atoms with van der Waals surface area (Å²) in [5.41, 5.74) is 0.0118. The van der Waals surface area contributed by atoms with Crippen LogP contribution in [0.1, 0.15) is 39.0 Å². The molecule has 3 amide bonds. The van der Waals surface area contributed by atoms with Gasteiger partial charge < -0.3 is 25.1 Å². The number of rotatable bonds is 5. The molecule has 28 heavy (non-hydrogen) atoms. The van der Waals surface area contributed by atoms with E-state index in [-0.39, 0.29) is 37.3 Å². The van der Waals surface area contributed by atoms with E-state index in [2.05, 4.69) is 0 Å². The molecule has 2 heterocycles. The Balaban J connectivity index is 1.54. The van der Waals surface area contributed by atoms with E-state index in [0.717, 1.165) is 29.1 Å². The van der Waals surface area contributed by atoms with Crippen molar-refractivity contribution in [1.82, 2.24) is 14.7 Å². The lowest BCUT2D eigenvalue weighted by Gasteiger charge is -2.41. The van der Waals surface area contributed by atoms with Crippen molar-refractivity contribution >= 4 is 23.9 Å². The summed E-state index contributed by atoms with van der Waals surface area (Å²) in [6.07, 6.45) is 1.42. The van der Waals surface area contributed by atoms with Crippen LogP contribution in [-0.4, -0.2) is 98.3 Å². The van der Waals surface area contributed by atoms with E-state index in [0.29, 0.717) is 13.1 Å². The molecule has 0 aromatic carbocycles. The van der Waals surface area contributed by atoms with Crippen molar-refractivity contribution in [3.8, 4) is 0 Å². The van der Waals surface area contributed by atoms with E-state index in [9.17, 15) is 29.4 Å². The molecule has 3 rings (SSSR count). The molecule has 3 N–H and O–H groups in total. The predicted octanol–water partition coefficient (Wildman–Crippen LogP) is -0.196. The number of aliphatic carboxylic acids is 1. The molecule has 1 saturated carbocycles. The number of likely N-dealkylation sites (tertiary alicyclic amines) is 1. The molecule has 156 valence electrons. The number of piperazine rings is 1. The lowest BCUT2D eigenvalue weighted by molar-refractivity contribution is -0.158. The van der Waals surface area contributed by atoms with Crippen LogP contribution in [0.3, 0.4) is 0 Å². The number of carboxylic acids is 1. The van der Waals surface area contributed by atoms with Crippen LogP contribution < -0.4 is 0 Å². The molecule has 0 radical (unpaired) electrons. The van der Waals surface area contributed by atoms with Crippen LogP contribution in [0.4, 0.5) is 4.79 Å². The van der Waals surface area contributed by atoms with Crippen molar-refractivity contribution in [3.63, 3.8) is 0 Å². The molecular formula is C18H27N3O7. The van der Waals surface area contributed by atoms with E-state index in [1.165, 1.54) is 6.92 Å². The van der Waals surface area contributed by atoms with Gasteiger partial charge in [0.25, 0.3) is 0 Å². The van der Waals surface area contributed by atoms with Crippen LogP contribution in [0, 0.1) is 5.41 Å². The highest BCUT2D eigenvalue weighted by atomic mass is 16.4. The standard InChI is InChI=1S/C18H27N3O7/c1-11-15(24)20(12(16(25)26)9-21(11)17(27)28)7-2-3-14(23)19-8-6-18(4-5-18)13(22)10-19/h11-13,22H,2-10H2,1H3,(H,25,26)(H,27,28)/t11-,12-,13+/m0/s1. The Labute approximate surface area is 162 Å². The third-order valence-electron chi connectivity index (χ3n) is 6.40. The first kappa shape index (κ1) is 20.4. The number of carbonyl (C=O) groups is 4. The van der Waals surface area contributed by atoms with Crippen molar-refractivity contribution in [2.45, 2.75) is 57.2 Å². The normalized spacial score (nSPS) is 29.1. The van der Waals surface area contributed by atoms with E-state index in [1.54, 1.807) is 4.90 Å². The summed E-state index contributed by atoms with van der Waals surface area (Å²) in [4.78, 5) is 51.3. The first-order chi connectivity index (χ1) is 13.2. The SMILES string of the molecule is C[C@H]1C(=O)N(CCCC(=O)N2CCC3(CC3)[C@H](O)C2)[C@H](C(=O)O)CN1C(=O)O. The Morgan fingerprint density at radius 2 is 1.82 bits per heavy atom. The Morgan fingerprint density at radius 1 is 1.14 bits per heavy atom. The summed E-state index contributed by atoms with van der Waals surface area (Å²) >= 11 is 0. The van der Waals surface area contributed by atoms with Crippen molar-refractivity contribution in [1.29, 1.82) is 0 Å². The Morgan fingerprint density at radius 3 is 2.36 bits per heavy atom. The smallest absolute Gasteiger partial charge is 0.408 e. The molecule has 0 bridgehead atoms. The molecule has 1 spiro atoms. The number of nitrogens with zero attached hydrogens (tertiary/aromatic N) is 3. The molecule has 10 heteroatoms. The fourth-order valence-corrected chi connectivity index (χ4v) is 4.24. The van der Waals surface area contributed by atoms with Crippen LogP contribution in [-0.2, 0) is 14.4 Å². The van der Waals surface area contributed by atoms with Gasteiger partial charge in [-0.15, -0.1) is 0 Å². The number of piperidine rings is 1. The number of amides is 3. The highest BCUT2D eigenvalue weighted by Gasteiger charge is 2.51. The first-order valence-corrected chi connectivity index (χ1v) is 9.65. The topological polar surface area (TPSA) is 139 Å². The number of hydrogen-bond acceptors (Lipinski definition) is 5. The zero-order chi connectivity index (χ0) is 20.6. The first-order valence-electron chi connectivity index (χ1n) is 9.65. The maximum Gasteiger partial charge on any atom is 0.408 e. The highest BCUT2D eigenvalue weighted by Crippen LogP contribution is 2.53. The van der Waals surface area contributed by atoms with E-state index in [4.69, 9.17) is 5.11 Å². The Bertz CT molecular complexity index is 678. The molecular weight excluding hydrogens is 370 g/mol. The van der Waals surface area contributed by atoms with Gasteiger partial charge in [0.2, 0.25) is 11.8 Å². The molecule has 1 aliphatic carbocycles. The van der Waals surface area contributed by atoms with Crippen LogP contribution in [0.2, 0.25) is 0 Å². The van der Waals surface area contributed by atoms with Gasteiger partial charge in [-0.05, 0) is 38.0 Å². The maximum atomic E-state index is 12.5. The van der Waals surface area contributed by atoms with Gasteiger partial charge in [0.1, 0.15) is 12.1 Å². The summed E-state index contributed by atoms with van der Waals surface area (Å²) in [5, 5.41) is 28.8. The van der Waals surface area contributed by atoms with Crippen molar-refractivity contribution in [3.05, 3.63) is 0 Å². The summed E-state index contributed by atoms with van der Waals surface area (Å²) in [7, 11) is 0. The maximum absolute atomic E-state index is 12.5.